The first-order valence-corrected chi connectivity index (χ1v) is 7.48. The van der Waals surface area contributed by atoms with Crippen LogP contribution in [-0.2, 0) is 13.0 Å². The minimum atomic E-state index is -1.28. The van der Waals surface area contributed by atoms with Crippen LogP contribution >= 0.6 is 11.6 Å². The molecule has 0 saturated carbocycles. The summed E-state index contributed by atoms with van der Waals surface area (Å²) in [6.07, 6.45) is 1.60. The summed E-state index contributed by atoms with van der Waals surface area (Å²) in [5.41, 5.74) is 2.00. The van der Waals surface area contributed by atoms with Crippen LogP contribution in [0.3, 0.4) is 0 Å². The van der Waals surface area contributed by atoms with Gasteiger partial charge in [-0.25, -0.2) is 9.18 Å². The van der Waals surface area contributed by atoms with E-state index in [1.165, 1.54) is 0 Å². The molecule has 1 aliphatic rings. The quantitative estimate of drug-likeness (QED) is 0.924. The smallest absolute Gasteiger partial charge is 0.340 e. The van der Waals surface area contributed by atoms with Crippen LogP contribution in [0, 0.1) is 5.82 Å². The molecule has 0 aromatic heterocycles. The Bertz CT molecular complexity index is 718. The summed E-state index contributed by atoms with van der Waals surface area (Å²) >= 11 is 5.85. The SMILES string of the molecule is O=C(O)c1c(F)c(Cl)cc2c1N(Cc1ccccc1)CCC2. The van der Waals surface area contributed by atoms with E-state index in [0.717, 1.165) is 17.5 Å². The first-order valence-electron chi connectivity index (χ1n) is 7.11. The van der Waals surface area contributed by atoms with Crippen molar-refractivity contribution in [2.75, 3.05) is 11.4 Å². The topological polar surface area (TPSA) is 40.5 Å². The van der Waals surface area contributed by atoms with Crippen LogP contribution < -0.4 is 4.90 Å². The lowest BCUT2D eigenvalue weighted by atomic mass is 9.96. The van der Waals surface area contributed by atoms with Crippen molar-refractivity contribution in [3.63, 3.8) is 0 Å². The summed E-state index contributed by atoms with van der Waals surface area (Å²) in [5.74, 6) is -2.14. The fraction of sp³-hybridized carbons (Fsp3) is 0.235. The average molecular weight is 320 g/mol. The van der Waals surface area contributed by atoms with E-state index in [2.05, 4.69) is 0 Å². The van der Waals surface area contributed by atoms with Crippen molar-refractivity contribution < 1.29 is 14.3 Å². The number of aryl methyl sites for hydroxylation is 1. The standard InChI is InChI=1S/C17H15ClFNO2/c18-13-9-12-7-4-8-20(10-11-5-2-1-3-6-11)16(12)14(15(13)19)17(21)22/h1-3,5-6,9H,4,7-8,10H2,(H,21,22). The molecule has 114 valence electrons. The van der Waals surface area contributed by atoms with E-state index in [0.29, 0.717) is 25.2 Å². The monoisotopic (exact) mass is 319 g/mol. The number of rotatable bonds is 3. The predicted molar refractivity (Wildman–Crippen MR) is 84.2 cm³/mol. The van der Waals surface area contributed by atoms with Gasteiger partial charge in [0.15, 0.2) is 5.82 Å². The predicted octanol–water partition coefficient (Wildman–Crippen LogP) is 4.13. The van der Waals surface area contributed by atoms with Crippen LogP contribution in [0.2, 0.25) is 5.02 Å². The van der Waals surface area contributed by atoms with Crippen molar-refractivity contribution in [2.24, 2.45) is 0 Å². The van der Waals surface area contributed by atoms with Gasteiger partial charge < -0.3 is 10.0 Å². The van der Waals surface area contributed by atoms with Gasteiger partial charge in [-0.2, -0.15) is 0 Å². The fourth-order valence-electron chi connectivity index (χ4n) is 2.95. The average Bonchev–Trinajstić information content (AvgIpc) is 2.50. The maximum Gasteiger partial charge on any atom is 0.340 e. The van der Waals surface area contributed by atoms with E-state index < -0.39 is 11.8 Å². The molecule has 3 rings (SSSR count). The van der Waals surface area contributed by atoms with E-state index in [-0.39, 0.29) is 10.6 Å². The zero-order chi connectivity index (χ0) is 15.7. The van der Waals surface area contributed by atoms with E-state index in [1.54, 1.807) is 6.07 Å². The Labute approximate surface area is 132 Å². The molecule has 1 aliphatic heterocycles. The lowest BCUT2D eigenvalue weighted by Gasteiger charge is -2.33. The molecule has 0 saturated heterocycles. The Morgan fingerprint density at radius 1 is 1.32 bits per heavy atom. The van der Waals surface area contributed by atoms with Crippen molar-refractivity contribution in [1.29, 1.82) is 0 Å². The second-order valence-corrected chi connectivity index (χ2v) is 5.78. The lowest BCUT2D eigenvalue weighted by Crippen LogP contribution is -2.31. The van der Waals surface area contributed by atoms with Gasteiger partial charge in [0, 0.05) is 13.1 Å². The largest absolute Gasteiger partial charge is 0.478 e. The van der Waals surface area contributed by atoms with E-state index in [1.807, 2.05) is 35.2 Å². The number of halogens is 2. The number of carboxylic acid groups (broad SMARTS) is 1. The molecule has 0 atom stereocenters. The number of anilines is 1. The lowest BCUT2D eigenvalue weighted by molar-refractivity contribution is 0.0692. The summed E-state index contributed by atoms with van der Waals surface area (Å²) in [7, 11) is 0. The van der Waals surface area contributed by atoms with Gasteiger partial charge in [-0.3, -0.25) is 0 Å². The first kappa shape index (κ1) is 14.9. The van der Waals surface area contributed by atoms with Crippen molar-refractivity contribution >= 4 is 23.3 Å². The van der Waals surface area contributed by atoms with Gasteiger partial charge >= 0.3 is 5.97 Å². The van der Waals surface area contributed by atoms with Crippen LogP contribution in [0.15, 0.2) is 36.4 Å². The van der Waals surface area contributed by atoms with Crippen LogP contribution in [0.25, 0.3) is 0 Å². The Morgan fingerprint density at radius 2 is 2.05 bits per heavy atom. The van der Waals surface area contributed by atoms with Gasteiger partial charge in [0.05, 0.1) is 10.7 Å². The molecule has 0 spiro atoms. The normalized spacial score (nSPS) is 13.8. The zero-order valence-electron chi connectivity index (χ0n) is 11.9. The highest BCUT2D eigenvalue weighted by atomic mass is 35.5. The number of nitrogens with zero attached hydrogens (tertiary/aromatic N) is 1. The Morgan fingerprint density at radius 3 is 2.73 bits per heavy atom. The minimum absolute atomic E-state index is 0.127. The van der Waals surface area contributed by atoms with Gasteiger partial charge in [0.2, 0.25) is 0 Å². The second-order valence-electron chi connectivity index (χ2n) is 5.37. The maximum absolute atomic E-state index is 14.2. The van der Waals surface area contributed by atoms with Crippen molar-refractivity contribution in [3.05, 3.63) is 63.9 Å². The molecular formula is C17H15ClFNO2. The Kier molecular flexibility index (Phi) is 4.03. The van der Waals surface area contributed by atoms with Crippen LogP contribution in [0.1, 0.15) is 27.9 Å². The molecule has 3 nitrogen and oxygen atoms in total. The van der Waals surface area contributed by atoms with Gasteiger partial charge in [0.1, 0.15) is 5.56 Å². The van der Waals surface area contributed by atoms with E-state index in [9.17, 15) is 14.3 Å². The number of benzene rings is 2. The molecule has 0 unspecified atom stereocenters. The molecule has 1 heterocycles. The van der Waals surface area contributed by atoms with Crippen LogP contribution in [0.5, 0.6) is 0 Å². The Hall–Kier alpha value is -2.07. The Balaban J connectivity index is 2.08. The van der Waals surface area contributed by atoms with Gasteiger partial charge in [0.25, 0.3) is 0 Å². The minimum Gasteiger partial charge on any atom is -0.478 e. The summed E-state index contributed by atoms with van der Waals surface area (Å²) in [6.45, 7) is 1.25. The number of hydrogen-bond donors (Lipinski definition) is 1. The second kappa shape index (κ2) is 5.97. The molecule has 1 N–H and O–H groups in total. The van der Waals surface area contributed by atoms with E-state index >= 15 is 0 Å². The van der Waals surface area contributed by atoms with Gasteiger partial charge in [-0.15, -0.1) is 0 Å². The van der Waals surface area contributed by atoms with Crippen molar-refractivity contribution in [1.82, 2.24) is 0 Å². The van der Waals surface area contributed by atoms with Crippen LogP contribution in [0.4, 0.5) is 10.1 Å². The number of hydrogen-bond acceptors (Lipinski definition) is 2. The molecule has 0 bridgehead atoms. The van der Waals surface area contributed by atoms with Gasteiger partial charge in [-0.1, -0.05) is 41.9 Å². The fourth-order valence-corrected chi connectivity index (χ4v) is 3.18. The molecule has 2 aromatic carbocycles. The molecule has 0 aliphatic carbocycles. The molecule has 0 amide bonds. The third-order valence-electron chi connectivity index (χ3n) is 3.89. The van der Waals surface area contributed by atoms with Crippen LogP contribution in [-0.4, -0.2) is 17.6 Å². The van der Waals surface area contributed by atoms with Crippen molar-refractivity contribution in [2.45, 2.75) is 19.4 Å². The first-order chi connectivity index (χ1) is 10.6. The summed E-state index contributed by atoms with van der Waals surface area (Å²) in [6, 6.07) is 11.3. The summed E-state index contributed by atoms with van der Waals surface area (Å²) < 4.78 is 14.2. The molecular weight excluding hydrogens is 305 g/mol. The molecule has 5 heteroatoms. The third kappa shape index (κ3) is 2.66. The highest BCUT2D eigenvalue weighted by molar-refractivity contribution is 6.31. The zero-order valence-corrected chi connectivity index (χ0v) is 12.6. The van der Waals surface area contributed by atoms with E-state index in [4.69, 9.17) is 11.6 Å². The number of carbonyl (C=O) groups is 1. The maximum atomic E-state index is 14.2. The highest BCUT2D eigenvalue weighted by Gasteiger charge is 2.28. The number of fused-ring (bicyclic) bond motifs is 1. The molecule has 0 radical (unpaired) electrons. The third-order valence-corrected chi connectivity index (χ3v) is 4.17. The number of aromatic carboxylic acids is 1. The molecule has 2 aromatic rings. The number of carboxylic acids is 1. The van der Waals surface area contributed by atoms with Gasteiger partial charge in [-0.05, 0) is 30.0 Å². The van der Waals surface area contributed by atoms with Crippen molar-refractivity contribution in [3.8, 4) is 0 Å². The summed E-state index contributed by atoms with van der Waals surface area (Å²) in [4.78, 5) is 13.4. The highest BCUT2D eigenvalue weighted by Crippen LogP contribution is 2.37. The molecule has 0 fully saturated rings. The summed E-state index contributed by atoms with van der Waals surface area (Å²) in [5, 5.41) is 9.28. The molecule has 22 heavy (non-hydrogen) atoms.